The first-order valence-electron chi connectivity index (χ1n) is 6.63. The summed E-state index contributed by atoms with van der Waals surface area (Å²) in [4.78, 5) is 15.9. The summed E-state index contributed by atoms with van der Waals surface area (Å²) < 4.78 is 0. The molecule has 0 saturated carbocycles. The molecule has 0 radical (unpaired) electrons. The smallest absolute Gasteiger partial charge is 0.221 e. The molecule has 1 saturated heterocycles. The molecule has 0 aromatic heterocycles. The van der Waals surface area contributed by atoms with E-state index in [4.69, 9.17) is 0 Å². The van der Waals surface area contributed by atoms with Crippen molar-refractivity contribution in [1.29, 1.82) is 0 Å². The molecular formula is C14H22N4O. The Morgan fingerprint density at radius 1 is 1.16 bits per heavy atom. The van der Waals surface area contributed by atoms with E-state index in [1.54, 1.807) is 0 Å². The van der Waals surface area contributed by atoms with E-state index in [2.05, 4.69) is 39.6 Å². The number of benzene rings is 1. The predicted octanol–water partition coefficient (Wildman–Crippen LogP) is 1.44. The maximum Gasteiger partial charge on any atom is 0.221 e. The fourth-order valence-corrected chi connectivity index (χ4v) is 2.30. The third-order valence-electron chi connectivity index (χ3n) is 3.45. The molecule has 1 heterocycles. The number of carbonyl (C=O) groups is 1. The molecule has 1 aliphatic rings. The first kappa shape index (κ1) is 13.7. The standard InChI is InChI=1S/C14H22N4O/c1-11(19)16-13-5-4-12(10-14(13)15-2)18-8-6-17(3)7-9-18/h4-5,10,15H,6-9H2,1-3H3,(H,16,19). The van der Waals surface area contributed by atoms with E-state index in [9.17, 15) is 4.79 Å². The molecule has 1 aliphatic heterocycles. The summed E-state index contributed by atoms with van der Waals surface area (Å²) in [5.74, 6) is -0.0520. The second-order valence-electron chi connectivity index (χ2n) is 4.95. The van der Waals surface area contributed by atoms with Gasteiger partial charge in [0, 0.05) is 45.8 Å². The minimum atomic E-state index is -0.0520. The van der Waals surface area contributed by atoms with E-state index < -0.39 is 0 Å². The minimum absolute atomic E-state index is 0.0520. The molecule has 5 heteroatoms. The number of amides is 1. The minimum Gasteiger partial charge on any atom is -0.386 e. The highest BCUT2D eigenvalue weighted by Gasteiger charge is 2.15. The van der Waals surface area contributed by atoms with Crippen molar-refractivity contribution in [2.45, 2.75) is 6.92 Å². The highest BCUT2D eigenvalue weighted by atomic mass is 16.1. The number of likely N-dealkylation sites (N-methyl/N-ethyl adjacent to an activating group) is 1. The zero-order chi connectivity index (χ0) is 13.8. The lowest BCUT2D eigenvalue weighted by Gasteiger charge is -2.34. The Bertz CT molecular complexity index is 453. The zero-order valence-corrected chi connectivity index (χ0v) is 11.9. The Balaban J connectivity index is 2.16. The molecule has 19 heavy (non-hydrogen) atoms. The van der Waals surface area contributed by atoms with Gasteiger partial charge in [-0.15, -0.1) is 0 Å². The van der Waals surface area contributed by atoms with Crippen LogP contribution >= 0.6 is 0 Å². The third-order valence-corrected chi connectivity index (χ3v) is 3.45. The van der Waals surface area contributed by atoms with Gasteiger partial charge >= 0.3 is 0 Å². The molecule has 1 aromatic rings. The molecule has 0 unspecified atom stereocenters. The number of hydrogen-bond acceptors (Lipinski definition) is 4. The van der Waals surface area contributed by atoms with E-state index in [1.165, 1.54) is 12.6 Å². The van der Waals surface area contributed by atoms with Crippen LogP contribution in [0.2, 0.25) is 0 Å². The molecule has 0 bridgehead atoms. The van der Waals surface area contributed by atoms with Crippen LogP contribution in [0.4, 0.5) is 17.1 Å². The van der Waals surface area contributed by atoms with Gasteiger partial charge in [0.15, 0.2) is 0 Å². The van der Waals surface area contributed by atoms with Gasteiger partial charge in [0.05, 0.1) is 11.4 Å². The molecule has 0 aliphatic carbocycles. The Labute approximate surface area is 114 Å². The van der Waals surface area contributed by atoms with Gasteiger partial charge in [-0.05, 0) is 25.2 Å². The number of rotatable bonds is 3. The molecule has 1 fully saturated rings. The summed E-state index contributed by atoms with van der Waals surface area (Å²) in [5.41, 5.74) is 2.98. The molecular weight excluding hydrogens is 240 g/mol. The lowest BCUT2D eigenvalue weighted by molar-refractivity contribution is -0.114. The lowest BCUT2D eigenvalue weighted by Crippen LogP contribution is -2.44. The number of carbonyl (C=O) groups excluding carboxylic acids is 1. The maximum atomic E-state index is 11.1. The van der Waals surface area contributed by atoms with Crippen LogP contribution in [-0.4, -0.2) is 51.1 Å². The Hall–Kier alpha value is -1.75. The topological polar surface area (TPSA) is 47.6 Å². The van der Waals surface area contributed by atoms with E-state index in [-0.39, 0.29) is 5.91 Å². The average molecular weight is 262 g/mol. The van der Waals surface area contributed by atoms with Crippen molar-refractivity contribution in [1.82, 2.24) is 4.90 Å². The first-order chi connectivity index (χ1) is 9.10. The molecule has 1 amide bonds. The van der Waals surface area contributed by atoms with E-state index in [1.807, 2.05) is 13.1 Å². The van der Waals surface area contributed by atoms with Crippen LogP contribution < -0.4 is 15.5 Å². The fraction of sp³-hybridized carbons (Fsp3) is 0.500. The first-order valence-corrected chi connectivity index (χ1v) is 6.63. The van der Waals surface area contributed by atoms with Gasteiger partial charge in [-0.25, -0.2) is 0 Å². The molecule has 104 valence electrons. The van der Waals surface area contributed by atoms with Gasteiger partial charge in [0.2, 0.25) is 5.91 Å². The van der Waals surface area contributed by atoms with Crippen LogP contribution in [0.25, 0.3) is 0 Å². The van der Waals surface area contributed by atoms with Gasteiger partial charge in [-0.3, -0.25) is 4.79 Å². The molecule has 0 spiro atoms. The summed E-state index contributed by atoms with van der Waals surface area (Å²) in [6.07, 6.45) is 0. The summed E-state index contributed by atoms with van der Waals surface area (Å²) >= 11 is 0. The summed E-state index contributed by atoms with van der Waals surface area (Å²) in [6.45, 7) is 5.77. The van der Waals surface area contributed by atoms with Gasteiger partial charge in [0.1, 0.15) is 0 Å². The lowest BCUT2D eigenvalue weighted by atomic mass is 10.2. The van der Waals surface area contributed by atoms with Crippen LogP contribution in [0.1, 0.15) is 6.92 Å². The van der Waals surface area contributed by atoms with Crippen molar-refractivity contribution in [3.05, 3.63) is 18.2 Å². The zero-order valence-electron chi connectivity index (χ0n) is 11.9. The molecule has 2 N–H and O–H groups in total. The Morgan fingerprint density at radius 3 is 2.42 bits per heavy atom. The second kappa shape index (κ2) is 5.93. The third kappa shape index (κ3) is 3.38. The summed E-state index contributed by atoms with van der Waals surface area (Å²) in [6, 6.07) is 6.12. The van der Waals surface area contributed by atoms with Crippen molar-refractivity contribution in [2.24, 2.45) is 0 Å². The van der Waals surface area contributed by atoms with Crippen LogP contribution in [0, 0.1) is 0 Å². The fourth-order valence-electron chi connectivity index (χ4n) is 2.30. The normalized spacial score (nSPS) is 16.3. The van der Waals surface area contributed by atoms with Crippen LogP contribution in [0.3, 0.4) is 0 Å². The molecule has 2 rings (SSSR count). The number of anilines is 3. The largest absolute Gasteiger partial charge is 0.386 e. The van der Waals surface area contributed by atoms with Crippen molar-refractivity contribution in [3.8, 4) is 0 Å². The van der Waals surface area contributed by atoms with Crippen LogP contribution in [-0.2, 0) is 4.79 Å². The summed E-state index contributed by atoms with van der Waals surface area (Å²) in [5, 5.41) is 5.97. The quantitative estimate of drug-likeness (QED) is 0.865. The SMILES string of the molecule is CNc1cc(N2CCN(C)CC2)ccc1NC(C)=O. The highest BCUT2D eigenvalue weighted by molar-refractivity contribution is 5.93. The van der Waals surface area contributed by atoms with Crippen LogP contribution in [0.5, 0.6) is 0 Å². The number of nitrogens with one attached hydrogen (secondary N) is 2. The Kier molecular flexibility index (Phi) is 4.27. The maximum absolute atomic E-state index is 11.1. The summed E-state index contributed by atoms with van der Waals surface area (Å²) in [7, 11) is 4.02. The van der Waals surface area contributed by atoms with Gasteiger partial charge in [0.25, 0.3) is 0 Å². The monoisotopic (exact) mass is 262 g/mol. The number of piperazine rings is 1. The van der Waals surface area contributed by atoms with Crippen molar-refractivity contribution < 1.29 is 4.79 Å². The van der Waals surface area contributed by atoms with Gasteiger partial charge in [-0.2, -0.15) is 0 Å². The van der Waals surface area contributed by atoms with E-state index in [0.717, 1.165) is 37.6 Å². The predicted molar refractivity (Wildman–Crippen MR) is 80.0 cm³/mol. The average Bonchev–Trinajstić information content (AvgIpc) is 2.39. The molecule has 0 atom stereocenters. The number of hydrogen-bond donors (Lipinski definition) is 2. The number of nitrogens with zero attached hydrogens (tertiary/aromatic N) is 2. The molecule has 5 nitrogen and oxygen atoms in total. The van der Waals surface area contributed by atoms with Crippen molar-refractivity contribution in [2.75, 3.05) is 55.8 Å². The molecule has 1 aromatic carbocycles. The Morgan fingerprint density at radius 2 is 1.84 bits per heavy atom. The van der Waals surface area contributed by atoms with E-state index in [0.29, 0.717) is 0 Å². The van der Waals surface area contributed by atoms with E-state index >= 15 is 0 Å². The van der Waals surface area contributed by atoms with Crippen LogP contribution in [0.15, 0.2) is 18.2 Å². The van der Waals surface area contributed by atoms with Gasteiger partial charge < -0.3 is 20.4 Å². The highest BCUT2D eigenvalue weighted by Crippen LogP contribution is 2.28. The van der Waals surface area contributed by atoms with Crippen molar-refractivity contribution in [3.63, 3.8) is 0 Å². The van der Waals surface area contributed by atoms with Crippen molar-refractivity contribution >= 4 is 23.0 Å². The second-order valence-corrected chi connectivity index (χ2v) is 4.95. The van der Waals surface area contributed by atoms with Gasteiger partial charge in [-0.1, -0.05) is 0 Å².